The van der Waals surface area contributed by atoms with Crippen LogP contribution in [-0.2, 0) is 0 Å². The summed E-state index contributed by atoms with van der Waals surface area (Å²) in [4.78, 5) is 8.35. The Bertz CT molecular complexity index is 540. The van der Waals surface area contributed by atoms with E-state index in [1.165, 1.54) is 0 Å². The summed E-state index contributed by atoms with van der Waals surface area (Å²) in [6.45, 7) is 1.87. The molecule has 0 unspecified atom stereocenters. The lowest BCUT2D eigenvalue weighted by atomic mass is 10.1. The molecule has 2 rings (SSSR count). The normalized spacial score (nSPS) is 10.4. The number of aromatic nitrogens is 2. The van der Waals surface area contributed by atoms with Gasteiger partial charge >= 0.3 is 0 Å². The van der Waals surface area contributed by atoms with Gasteiger partial charge in [-0.05, 0) is 13.0 Å². The van der Waals surface area contributed by atoms with Crippen molar-refractivity contribution in [1.29, 1.82) is 0 Å². The molecule has 0 fully saturated rings. The van der Waals surface area contributed by atoms with E-state index in [9.17, 15) is 0 Å². The van der Waals surface area contributed by atoms with Gasteiger partial charge in [0, 0.05) is 11.6 Å². The van der Waals surface area contributed by atoms with Gasteiger partial charge in [-0.2, -0.15) is 4.98 Å². The van der Waals surface area contributed by atoms with Crippen LogP contribution < -0.4 is 15.2 Å². The summed E-state index contributed by atoms with van der Waals surface area (Å²) in [6, 6.07) is 1.74. The van der Waals surface area contributed by atoms with Crippen molar-refractivity contribution in [3.8, 4) is 11.6 Å². The quantitative estimate of drug-likeness (QED) is 0.829. The fourth-order valence-electron chi connectivity index (χ4n) is 1.69. The van der Waals surface area contributed by atoms with E-state index in [4.69, 9.17) is 15.2 Å². The van der Waals surface area contributed by atoms with Crippen LogP contribution in [0, 0.1) is 6.92 Å². The number of nitrogens with zero attached hydrogens (tertiary/aromatic N) is 2. The maximum Gasteiger partial charge on any atom is 0.226 e. The van der Waals surface area contributed by atoms with Crippen molar-refractivity contribution < 1.29 is 9.47 Å². The molecule has 2 N–H and O–H groups in total. The van der Waals surface area contributed by atoms with Gasteiger partial charge in [-0.1, -0.05) is 0 Å². The molecule has 5 heteroatoms. The van der Waals surface area contributed by atoms with Gasteiger partial charge in [-0.3, -0.25) is 4.98 Å². The van der Waals surface area contributed by atoms with Crippen molar-refractivity contribution in [2.45, 2.75) is 6.92 Å². The van der Waals surface area contributed by atoms with Gasteiger partial charge < -0.3 is 15.2 Å². The summed E-state index contributed by atoms with van der Waals surface area (Å²) in [5.41, 5.74) is 6.46. The van der Waals surface area contributed by atoms with E-state index in [0.29, 0.717) is 17.4 Å². The first-order valence-corrected chi connectivity index (χ1v) is 4.81. The molecule has 2 heterocycles. The molecule has 0 atom stereocenters. The second-order valence-electron chi connectivity index (χ2n) is 3.40. The average Bonchev–Trinajstić information content (AvgIpc) is 2.28. The van der Waals surface area contributed by atoms with Crippen molar-refractivity contribution in [2.75, 3.05) is 20.0 Å². The van der Waals surface area contributed by atoms with Crippen LogP contribution in [0.5, 0.6) is 11.6 Å². The van der Waals surface area contributed by atoms with E-state index in [1.54, 1.807) is 26.5 Å². The highest BCUT2D eigenvalue weighted by atomic mass is 16.5. The van der Waals surface area contributed by atoms with Crippen LogP contribution in [0.2, 0.25) is 0 Å². The third-order valence-electron chi connectivity index (χ3n) is 2.39. The lowest BCUT2D eigenvalue weighted by molar-refractivity contribution is 0.393. The molecule has 0 saturated carbocycles. The fourth-order valence-corrected chi connectivity index (χ4v) is 1.69. The molecule has 2 aromatic rings. The molecule has 0 bridgehead atoms. The summed E-state index contributed by atoms with van der Waals surface area (Å²) >= 11 is 0. The zero-order chi connectivity index (χ0) is 11.7. The van der Waals surface area contributed by atoms with E-state index < -0.39 is 0 Å². The number of pyridine rings is 2. The van der Waals surface area contributed by atoms with Gasteiger partial charge in [0.1, 0.15) is 5.82 Å². The van der Waals surface area contributed by atoms with Gasteiger partial charge in [0.2, 0.25) is 5.88 Å². The molecule has 0 saturated heterocycles. The smallest absolute Gasteiger partial charge is 0.226 e. The number of nitrogen functional groups attached to an aromatic ring is 1. The van der Waals surface area contributed by atoms with Gasteiger partial charge in [-0.25, -0.2) is 0 Å². The number of anilines is 1. The molecule has 0 spiro atoms. The lowest BCUT2D eigenvalue weighted by Crippen LogP contribution is -1.99. The van der Waals surface area contributed by atoms with Crippen molar-refractivity contribution in [3.05, 3.63) is 18.0 Å². The summed E-state index contributed by atoms with van der Waals surface area (Å²) in [7, 11) is 3.15. The second-order valence-corrected chi connectivity index (χ2v) is 3.40. The van der Waals surface area contributed by atoms with Crippen LogP contribution in [0.15, 0.2) is 12.3 Å². The van der Waals surface area contributed by atoms with Crippen LogP contribution in [0.1, 0.15) is 5.69 Å². The zero-order valence-corrected chi connectivity index (χ0v) is 9.44. The second kappa shape index (κ2) is 3.84. The first-order chi connectivity index (χ1) is 7.67. The molecule has 16 heavy (non-hydrogen) atoms. The van der Waals surface area contributed by atoms with Crippen molar-refractivity contribution in [3.63, 3.8) is 0 Å². The van der Waals surface area contributed by atoms with Gasteiger partial charge in [0.15, 0.2) is 5.75 Å². The Morgan fingerprint density at radius 3 is 2.62 bits per heavy atom. The van der Waals surface area contributed by atoms with E-state index in [0.717, 1.165) is 16.5 Å². The number of aryl methyl sites for hydroxylation is 1. The van der Waals surface area contributed by atoms with Crippen LogP contribution >= 0.6 is 0 Å². The molecular weight excluding hydrogens is 206 g/mol. The summed E-state index contributed by atoms with van der Waals surface area (Å²) < 4.78 is 10.5. The molecular formula is C11H13N3O2. The molecule has 0 aromatic carbocycles. The van der Waals surface area contributed by atoms with E-state index in [2.05, 4.69) is 9.97 Å². The number of hydrogen-bond acceptors (Lipinski definition) is 5. The van der Waals surface area contributed by atoms with Gasteiger partial charge in [-0.15, -0.1) is 0 Å². The van der Waals surface area contributed by atoms with Crippen LogP contribution in [0.25, 0.3) is 10.8 Å². The highest BCUT2D eigenvalue weighted by molar-refractivity contribution is 5.94. The Labute approximate surface area is 93.2 Å². The van der Waals surface area contributed by atoms with Crippen LogP contribution in [-0.4, -0.2) is 24.2 Å². The third kappa shape index (κ3) is 1.50. The molecule has 5 nitrogen and oxygen atoms in total. The number of fused-ring (bicyclic) bond motifs is 1. The number of methoxy groups -OCH3 is 2. The van der Waals surface area contributed by atoms with E-state index in [-0.39, 0.29) is 0 Å². The molecule has 2 aromatic heterocycles. The zero-order valence-electron chi connectivity index (χ0n) is 9.44. The SMILES string of the molecule is COc1nc(N)cc2cnc(C)c(OC)c12. The lowest BCUT2D eigenvalue weighted by Gasteiger charge is -2.11. The number of nitrogens with two attached hydrogens (primary N) is 1. The Balaban J connectivity index is 2.89. The fraction of sp³-hybridized carbons (Fsp3) is 0.273. The minimum Gasteiger partial charge on any atom is -0.494 e. The van der Waals surface area contributed by atoms with Crippen molar-refractivity contribution in [1.82, 2.24) is 9.97 Å². The molecule has 0 aliphatic carbocycles. The Morgan fingerprint density at radius 2 is 2.00 bits per heavy atom. The summed E-state index contributed by atoms with van der Waals surface area (Å²) in [6.07, 6.45) is 1.73. The third-order valence-corrected chi connectivity index (χ3v) is 2.39. The number of ether oxygens (including phenoxy) is 2. The Kier molecular flexibility index (Phi) is 2.52. The van der Waals surface area contributed by atoms with E-state index >= 15 is 0 Å². The molecule has 84 valence electrons. The van der Waals surface area contributed by atoms with Gasteiger partial charge in [0.25, 0.3) is 0 Å². The molecule has 0 amide bonds. The standard InChI is InChI=1S/C11H13N3O2/c1-6-10(15-2)9-7(5-13-6)4-8(12)14-11(9)16-3/h4-5H,1-3H3,(H2,12,14). The molecule has 0 radical (unpaired) electrons. The number of hydrogen-bond donors (Lipinski definition) is 1. The first-order valence-electron chi connectivity index (χ1n) is 4.81. The first kappa shape index (κ1) is 10.5. The average molecular weight is 219 g/mol. The van der Waals surface area contributed by atoms with E-state index in [1.807, 2.05) is 6.92 Å². The molecule has 0 aliphatic heterocycles. The Morgan fingerprint density at radius 1 is 1.25 bits per heavy atom. The largest absolute Gasteiger partial charge is 0.494 e. The topological polar surface area (TPSA) is 70.3 Å². The summed E-state index contributed by atoms with van der Waals surface area (Å²) in [5.74, 6) is 1.52. The predicted octanol–water partition coefficient (Wildman–Crippen LogP) is 1.54. The van der Waals surface area contributed by atoms with Crippen LogP contribution in [0.3, 0.4) is 0 Å². The highest BCUT2D eigenvalue weighted by Crippen LogP contribution is 2.34. The summed E-state index contributed by atoms with van der Waals surface area (Å²) in [5, 5.41) is 1.65. The minimum atomic E-state index is 0.400. The van der Waals surface area contributed by atoms with Crippen LogP contribution in [0.4, 0.5) is 5.82 Å². The van der Waals surface area contributed by atoms with Crippen molar-refractivity contribution >= 4 is 16.6 Å². The number of rotatable bonds is 2. The monoisotopic (exact) mass is 219 g/mol. The Hall–Kier alpha value is -2.04. The maximum absolute atomic E-state index is 5.67. The minimum absolute atomic E-state index is 0.400. The van der Waals surface area contributed by atoms with Gasteiger partial charge in [0.05, 0.1) is 25.3 Å². The van der Waals surface area contributed by atoms with Crippen molar-refractivity contribution in [2.24, 2.45) is 0 Å². The molecule has 0 aliphatic rings. The maximum atomic E-state index is 5.67. The highest BCUT2D eigenvalue weighted by Gasteiger charge is 2.13. The predicted molar refractivity (Wildman–Crippen MR) is 61.8 cm³/mol.